The van der Waals surface area contributed by atoms with Crippen LogP contribution in [0.3, 0.4) is 0 Å². The van der Waals surface area contributed by atoms with Gasteiger partial charge >= 0.3 is 0 Å². The van der Waals surface area contributed by atoms with Crippen molar-refractivity contribution in [2.75, 3.05) is 0 Å². The summed E-state index contributed by atoms with van der Waals surface area (Å²) in [5.41, 5.74) is 1.05. The zero-order valence-electron chi connectivity index (χ0n) is 7.23. The second-order valence-electron chi connectivity index (χ2n) is 3.46. The van der Waals surface area contributed by atoms with Gasteiger partial charge < -0.3 is 0 Å². The second-order valence-corrected chi connectivity index (χ2v) is 3.46. The molecule has 0 radical (unpaired) electrons. The number of hydrogen-bond acceptors (Lipinski definition) is 1. The van der Waals surface area contributed by atoms with Crippen LogP contribution in [-0.4, -0.2) is 5.78 Å². The van der Waals surface area contributed by atoms with E-state index in [9.17, 15) is 4.79 Å². The van der Waals surface area contributed by atoms with Crippen LogP contribution in [-0.2, 0) is 4.79 Å². The highest BCUT2D eigenvalue weighted by Crippen LogP contribution is 2.24. The molecule has 0 unspecified atom stereocenters. The average Bonchev–Trinajstić information content (AvgIpc) is 2.13. The number of ketones is 1. The largest absolute Gasteiger partial charge is 0.299 e. The van der Waals surface area contributed by atoms with Crippen molar-refractivity contribution in [1.29, 1.82) is 0 Å². The Morgan fingerprint density at radius 1 is 1.45 bits per heavy atom. The van der Waals surface area contributed by atoms with Gasteiger partial charge in [0.2, 0.25) is 0 Å². The first-order chi connectivity index (χ1) is 5.22. The first-order valence-corrected chi connectivity index (χ1v) is 4.40. The van der Waals surface area contributed by atoms with E-state index in [1.165, 1.54) is 12.8 Å². The molecule has 0 aromatic carbocycles. The van der Waals surface area contributed by atoms with Gasteiger partial charge in [-0.1, -0.05) is 25.0 Å². The van der Waals surface area contributed by atoms with Gasteiger partial charge in [0.15, 0.2) is 0 Å². The van der Waals surface area contributed by atoms with Gasteiger partial charge in [-0.15, -0.1) is 0 Å². The number of allylic oxidation sites excluding steroid dienone is 1. The van der Waals surface area contributed by atoms with Gasteiger partial charge in [0.25, 0.3) is 0 Å². The molecule has 0 bridgehead atoms. The molecule has 1 saturated carbocycles. The van der Waals surface area contributed by atoms with Gasteiger partial charge in [0, 0.05) is 12.3 Å². The van der Waals surface area contributed by atoms with Crippen molar-refractivity contribution in [1.82, 2.24) is 0 Å². The Morgan fingerprint density at radius 3 is 2.82 bits per heavy atom. The van der Waals surface area contributed by atoms with E-state index < -0.39 is 0 Å². The summed E-state index contributed by atoms with van der Waals surface area (Å²) in [5.74, 6) is 0.590. The highest BCUT2D eigenvalue weighted by Gasteiger charge is 2.20. The zero-order chi connectivity index (χ0) is 8.27. The summed E-state index contributed by atoms with van der Waals surface area (Å²) < 4.78 is 0. The number of carbonyl (C=O) groups excluding carboxylic acids is 1. The molecule has 0 aromatic heterocycles. The molecule has 1 atom stereocenters. The number of rotatable bonds is 1. The van der Waals surface area contributed by atoms with Crippen molar-refractivity contribution in [2.45, 2.75) is 39.0 Å². The van der Waals surface area contributed by atoms with E-state index in [1.54, 1.807) is 0 Å². The molecule has 0 N–H and O–H groups in total. The van der Waals surface area contributed by atoms with Crippen molar-refractivity contribution >= 4 is 5.78 Å². The topological polar surface area (TPSA) is 17.1 Å². The molecule has 0 spiro atoms. The molecule has 1 fully saturated rings. The van der Waals surface area contributed by atoms with Crippen molar-refractivity contribution in [3.8, 4) is 0 Å². The second kappa shape index (κ2) is 3.70. The lowest BCUT2D eigenvalue weighted by molar-refractivity contribution is -0.121. The van der Waals surface area contributed by atoms with Crippen LogP contribution in [0.4, 0.5) is 0 Å². The molecule has 1 aliphatic carbocycles. The molecule has 0 aromatic rings. The summed E-state index contributed by atoms with van der Waals surface area (Å²) in [6.07, 6.45) is 5.31. The molecule has 1 nitrogen and oxygen atoms in total. The normalized spacial score (nSPS) is 26.3. The first kappa shape index (κ1) is 8.51. The quantitative estimate of drug-likeness (QED) is 0.417. The van der Waals surface area contributed by atoms with Crippen molar-refractivity contribution < 1.29 is 4.79 Å². The zero-order valence-corrected chi connectivity index (χ0v) is 7.23. The van der Waals surface area contributed by atoms with Gasteiger partial charge in [-0.05, 0) is 19.8 Å². The number of hydrogen-bond donors (Lipinski definition) is 0. The van der Waals surface area contributed by atoms with E-state index in [2.05, 4.69) is 6.58 Å². The van der Waals surface area contributed by atoms with Crippen LogP contribution < -0.4 is 0 Å². The maximum absolute atomic E-state index is 11.4. The highest BCUT2D eigenvalue weighted by molar-refractivity contribution is 5.83. The minimum Gasteiger partial charge on any atom is -0.299 e. The highest BCUT2D eigenvalue weighted by atomic mass is 16.1. The minimum absolute atomic E-state index is 0.178. The molecule has 0 heterocycles. The average molecular weight is 152 g/mol. The van der Waals surface area contributed by atoms with Crippen LogP contribution in [0.5, 0.6) is 0 Å². The fraction of sp³-hybridized carbons (Fsp3) is 0.700. The van der Waals surface area contributed by atoms with E-state index in [-0.39, 0.29) is 5.92 Å². The van der Waals surface area contributed by atoms with Crippen molar-refractivity contribution in [2.24, 2.45) is 5.92 Å². The third-order valence-electron chi connectivity index (χ3n) is 2.40. The van der Waals surface area contributed by atoms with Crippen molar-refractivity contribution in [3.63, 3.8) is 0 Å². The lowest BCUT2D eigenvalue weighted by Gasteiger charge is -2.11. The van der Waals surface area contributed by atoms with E-state index in [1.807, 2.05) is 6.92 Å². The van der Waals surface area contributed by atoms with E-state index >= 15 is 0 Å². The van der Waals surface area contributed by atoms with Crippen LogP contribution in [0.2, 0.25) is 0 Å². The predicted octanol–water partition coefficient (Wildman–Crippen LogP) is 2.71. The Balaban J connectivity index is 2.59. The SMILES string of the molecule is C=C(C)[C@H]1CCCCCC1=O. The van der Waals surface area contributed by atoms with Crippen molar-refractivity contribution in [3.05, 3.63) is 12.2 Å². The van der Waals surface area contributed by atoms with Crippen LogP contribution in [0.15, 0.2) is 12.2 Å². The molecule has 1 heteroatoms. The molecule has 11 heavy (non-hydrogen) atoms. The van der Waals surface area contributed by atoms with Gasteiger partial charge in [-0.25, -0.2) is 0 Å². The summed E-state index contributed by atoms with van der Waals surface area (Å²) in [7, 11) is 0. The fourth-order valence-electron chi connectivity index (χ4n) is 1.68. The molecule has 62 valence electrons. The lowest BCUT2D eigenvalue weighted by Crippen LogP contribution is -2.12. The molecule has 1 rings (SSSR count). The van der Waals surface area contributed by atoms with Crippen LogP contribution in [0.1, 0.15) is 39.0 Å². The van der Waals surface area contributed by atoms with Crippen LogP contribution in [0.25, 0.3) is 0 Å². The third-order valence-corrected chi connectivity index (χ3v) is 2.40. The van der Waals surface area contributed by atoms with E-state index in [0.717, 1.165) is 24.8 Å². The Hall–Kier alpha value is -0.590. The van der Waals surface area contributed by atoms with Crippen LogP contribution in [0, 0.1) is 5.92 Å². The summed E-state index contributed by atoms with van der Waals surface area (Å²) in [4.78, 5) is 11.4. The summed E-state index contributed by atoms with van der Waals surface area (Å²) in [5, 5.41) is 0. The Morgan fingerprint density at radius 2 is 2.18 bits per heavy atom. The molecular weight excluding hydrogens is 136 g/mol. The number of carbonyl (C=O) groups is 1. The van der Waals surface area contributed by atoms with Gasteiger partial charge in [0.1, 0.15) is 5.78 Å². The Kier molecular flexibility index (Phi) is 2.86. The smallest absolute Gasteiger partial charge is 0.139 e. The standard InChI is InChI=1S/C10H16O/c1-8(2)9-6-4-3-5-7-10(9)11/h9H,1,3-7H2,2H3/t9-/m1/s1. The Bertz CT molecular complexity index is 170. The maximum atomic E-state index is 11.4. The summed E-state index contributed by atoms with van der Waals surface area (Å²) in [6.45, 7) is 5.82. The summed E-state index contributed by atoms with van der Waals surface area (Å²) in [6, 6.07) is 0. The van der Waals surface area contributed by atoms with E-state index in [0.29, 0.717) is 5.78 Å². The molecule has 1 aliphatic rings. The monoisotopic (exact) mass is 152 g/mol. The van der Waals surface area contributed by atoms with Crippen LogP contribution >= 0.6 is 0 Å². The number of Topliss-reactive ketones (excluding diaryl/α,β-unsaturated/α-hetero) is 1. The fourth-order valence-corrected chi connectivity index (χ4v) is 1.68. The summed E-state index contributed by atoms with van der Waals surface area (Å²) >= 11 is 0. The third kappa shape index (κ3) is 2.18. The van der Waals surface area contributed by atoms with Gasteiger partial charge in [-0.2, -0.15) is 0 Å². The lowest BCUT2D eigenvalue weighted by atomic mass is 9.93. The van der Waals surface area contributed by atoms with E-state index in [4.69, 9.17) is 0 Å². The molecule has 0 amide bonds. The predicted molar refractivity (Wildman–Crippen MR) is 46.4 cm³/mol. The molecule has 0 aliphatic heterocycles. The Labute approximate surface area is 68.5 Å². The minimum atomic E-state index is 0.178. The van der Waals surface area contributed by atoms with Gasteiger partial charge in [0.05, 0.1) is 0 Å². The molecule has 0 saturated heterocycles. The maximum Gasteiger partial charge on any atom is 0.139 e. The molecular formula is C10H16O. The first-order valence-electron chi connectivity index (χ1n) is 4.40. The van der Waals surface area contributed by atoms with Gasteiger partial charge in [-0.3, -0.25) is 4.79 Å².